The van der Waals surface area contributed by atoms with E-state index in [9.17, 15) is 4.79 Å². The van der Waals surface area contributed by atoms with Gasteiger partial charge in [0, 0.05) is 32.7 Å². The molecule has 0 aromatic carbocycles. The third kappa shape index (κ3) is 3.80. The highest BCUT2D eigenvalue weighted by molar-refractivity contribution is 5.78. The van der Waals surface area contributed by atoms with E-state index in [2.05, 4.69) is 5.32 Å². The number of carbonyl (C=O) groups is 1. The lowest BCUT2D eigenvalue weighted by Crippen LogP contribution is -2.39. The van der Waals surface area contributed by atoms with Crippen LogP contribution >= 0.6 is 0 Å². The van der Waals surface area contributed by atoms with Crippen molar-refractivity contribution in [1.82, 2.24) is 10.2 Å². The molecule has 4 nitrogen and oxygen atoms in total. The van der Waals surface area contributed by atoms with Crippen molar-refractivity contribution >= 4 is 5.91 Å². The highest BCUT2D eigenvalue weighted by Gasteiger charge is 2.22. The van der Waals surface area contributed by atoms with Crippen LogP contribution in [0.15, 0.2) is 0 Å². The lowest BCUT2D eigenvalue weighted by molar-refractivity contribution is -0.134. The molecule has 1 heterocycles. The van der Waals surface area contributed by atoms with Gasteiger partial charge < -0.3 is 15.0 Å². The van der Waals surface area contributed by atoms with Crippen molar-refractivity contribution in [3.8, 4) is 0 Å². The van der Waals surface area contributed by atoms with Crippen molar-refractivity contribution in [1.29, 1.82) is 0 Å². The Bertz CT molecular complexity index is 203. The van der Waals surface area contributed by atoms with E-state index in [1.54, 1.807) is 4.90 Å². The molecule has 0 bridgehead atoms. The molecule has 1 aliphatic rings. The van der Waals surface area contributed by atoms with Gasteiger partial charge in [0.05, 0.1) is 6.10 Å². The number of rotatable bonds is 5. The minimum Gasteiger partial charge on any atom is -0.376 e. The molecule has 4 heteroatoms. The summed E-state index contributed by atoms with van der Waals surface area (Å²) >= 11 is 0. The second kappa shape index (κ2) is 6.08. The van der Waals surface area contributed by atoms with Crippen LogP contribution in [0.25, 0.3) is 0 Å². The molecule has 1 N–H and O–H groups in total. The van der Waals surface area contributed by atoms with Crippen LogP contribution in [0.5, 0.6) is 0 Å². The van der Waals surface area contributed by atoms with Gasteiger partial charge in [-0.1, -0.05) is 6.92 Å². The Hall–Kier alpha value is -0.610. The van der Waals surface area contributed by atoms with E-state index in [-0.39, 0.29) is 17.9 Å². The van der Waals surface area contributed by atoms with E-state index in [1.165, 1.54) is 0 Å². The topological polar surface area (TPSA) is 41.6 Å². The summed E-state index contributed by atoms with van der Waals surface area (Å²) in [5.41, 5.74) is 0. The van der Waals surface area contributed by atoms with Crippen molar-refractivity contribution in [2.24, 2.45) is 5.92 Å². The zero-order chi connectivity index (χ0) is 11.3. The molecule has 15 heavy (non-hydrogen) atoms. The van der Waals surface area contributed by atoms with Gasteiger partial charge in [-0.2, -0.15) is 0 Å². The zero-order valence-corrected chi connectivity index (χ0v) is 9.95. The number of nitrogens with zero attached hydrogens (tertiary/aromatic N) is 1. The van der Waals surface area contributed by atoms with Crippen LogP contribution in [-0.4, -0.2) is 50.7 Å². The van der Waals surface area contributed by atoms with Gasteiger partial charge in [-0.3, -0.25) is 4.79 Å². The van der Waals surface area contributed by atoms with Crippen LogP contribution < -0.4 is 5.32 Å². The van der Waals surface area contributed by atoms with Crippen LogP contribution in [-0.2, 0) is 9.53 Å². The van der Waals surface area contributed by atoms with Gasteiger partial charge in [-0.25, -0.2) is 0 Å². The Balaban J connectivity index is 2.31. The predicted octanol–water partition coefficient (Wildman–Crippen LogP) is 0.479. The summed E-state index contributed by atoms with van der Waals surface area (Å²) in [5.74, 6) is 0.237. The second-order valence-corrected chi connectivity index (χ2v) is 4.31. The largest absolute Gasteiger partial charge is 0.376 e. The van der Waals surface area contributed by atoms with Crippen molar-refractivity contribution < 1.29 is 9.53 Å². The van der Waals surface area contributed by atoms with E-state index in [0.717, 1.165) is 32.5 Å². The van der Waals surface area contributed by atoms with E-state index >= 15 is 0 Å². The van der Waals surface area contributed by atoms with Crippen LogP contribution in [0.4, 0.5) is 0 Å². The maximum absolute atomic E-state index is 11.9. The molecule has 1 saturated heterocycles. The molecule has 0 radical (unpaired) electrons. The minimum atomic E-state index is 0.0430. The molecule has 88 valence electrons. The fraction of sp³-hybridized carbons (Fsp3) is 0.909. The van der Waals surface area contributed by atoms with E-state index < -0.39 is 0 Å². The fourth-order valence-corrected chi connectivity index (χ4v) is 1.95. The van der Waals surface area contributed by atoms with E-state index in [0.29, 0.717) is 0 Å². The third-order valence-corrected chi connectivity index (χ3v) is 2.81. The molecular weight excluding hydrogens is 192 g/mol. The molecule has 1 amide bonds. The van der Waals surface area contributed by atoms with Crippen molar-refractivity contribution in [2.75, 3.05) is 33.8 Å². The highest BCUT2D eigenvalue weighted by Crippen LogP contribution is 2.13. The van der Waals surface area contributed by atoms with E-state index in [4.69, 9.17) is 4.74 Å². The first-order valence-corrected chi connectivity index (χ1v) is 5.66. The summed E-state index contributed by atoms with van der Waals surface area (Å²) in [4.78, 5) is 13.6. The number of likely N-dealkylation sites (N-methyl/N-ethyl adjacent to an activating group) is 1. The normalized spacial score (nSPS) is 22.7. The Morgan fingerprint density at radius 3 is 2.93 bits per heavy atom. The Morgan fingerprint density at radius 2 is 2.40 bits per heavy atom. The van der Waals surface area contributed by atoms with Crippen molar-refractivity contribution in [3.63, 3.8) is 0 Å². The highest BCUT2D eigenvalue weighted by atomic mass is 16.5. The lowest BCUT2D eigenvalue weighted by atomic mass is 10.1. The summed E-state index contributed by atoms with van der Waals surface area (Å²) in [6.45, 7) is 4.26. The van der Waals surface area contributed by atoms with Crippen LogP contribution in [0.3, 0.4) is 0 Å². The van der Waals surface area contributed by atoms with Gasteiger partial charge in [0.2, 0.25) is 5.91 Å². The van der Waals surface area contributed by atoms with Crippen LogP contribution in [0, 0.1) is 5.92 Å². The molecule has 0 saturated carbocycles. The van der Waals surface area contributed by atoms with Gasteiger partial charge in [-0.15, -0.1) is 0 Å². The number of nitrogens with one attached hydrogen (secondary N) is 1. The molecule has 0 aromatic heterocycles. The first-order chi connectivity index (χ1) is 7.15. The summed E-state index contributed by atoms with van der Waals surface area (Å²) in [6, 6.07) is 0. The first kappa shape index (κ1) is 12.5. The fourth-order valence-electron chi connectivity index (χ4n) is 1.95. The van der Waals surface area contributed by atoms with Gasteiger partial charge in [0.1, 0.15) is 0 Å². The van der Waals surface area contributed by atoms with Gasteiger partial charge >= 0.3 is 0 Å². The average molecular weight is 214 g/mol. The van der Waals surface area contributed by atoms with Gasteiger partial charge in [0.25, 0.3) is 0 Å². The smallest absolute Gasteiger partial charge is 0.226 e. The average Bonchev–Trinajstić information content (AvgIpc) is 2.69. The molecular formula is C11H22N2O2. The zero-order valence-electron chi connectivity index (χ0n) is 9.95. The predicted molar refractivity (Wildman–Crippen MR) is 59.7 cm³/mol. The summed E-state index contributed by atoms with van der Waals surface area (Å²) in [5, 5.41) is 3.02. The monoisotopic (exact) mass is 214 g/mol. The second-order valence-electron chi connectivity index (χ2n) is 4.31. The number of carbonyl (C=O) groups excluding carboxylic acids is 1. The molecule has 1 rings (SSSR count). The Labute approximate surface area is 92.0 Å². The molecule has 1 aliphatic heterocycles. The van der Waals surface area contributed by atoms with Crippen LogP contribution in [0.1, 0.15) is 19.8 Å². The molecule has 2 unspecified atom stereocenters. The number of amides is 1. The summed E-state index contributed by atoms with van der Waals surface area (Å²) < 4.78 is 5.50. The standard InChI is InChI=1S/C11H22N2O2/c1-9(7-12-2)11(14)13(3)8-10-5-4-6-15-10/h9-10,12H,4-8H2,1-3H3. The van der Waals surface area contributed by atoms with Crippen LogP contribution in [0.2, 0.25) is 0 Å². The molecule has 1 fully saturated rings. The molecule has 0 aliphatic carbocycles. The third-order valence-electron chi connectivity index (χ3n) is 2.81. The maximum Gasteiger partial charge on any atom is 0.226 e. The van der Waals surface area contributed by atoms with Gasteiger partial charge in [-0.05, 0) is 19.9 Å². The minimum absolute atomic E-state index is 0.0430. The Kier molecular flexibility index (Phi) is 5.05. The molecule has 2 atom stereocenters. The number of hydrogen-bond acceptors (Lipinski definition) is 3. The first-order valence-electron chi connectivity index (χ1n) is 5.66. The van der Waals surface area contributed by atoms with Crippen molar-refractivity contribution in [3.05, 3.63) is 0 Å². The SMILES string of the molecule is CNCC(C)C(=O)N(C)CC1CCCO1. The maximum atomic E-state index is 11.9. The summed E-state index contributed by atoms with van der Waals surface area (Å²) in [7, 11) is 3.72. The van der Waals surface area contributed by atoms with Crippen molar-refractivity contribution in [2.45, 2.75) is 25.9 Å². The lowest BCUT2D eigenvalue weighted by Gasteiger charge is -2.23. The summed E-state index contributed by atoms with van der Waals surface area (Å²) in [6.07, 6.45) is 2.46. The van der Waals surface area contributed by atoms with E-state index in [1.807, 2.05) is 21.0 Å². The quantitative estimate of drug-likeness (QED) is 0.724. The molecule has 0 spiro atoms. The number of hydrogen-bond donors (Lipinski definition) is 1. The Morgan fingerprint density at radius 1 is 1.67 bits per heavy atom. The van der Waals surface area contributed by atoms with Gasteiger partial charge in [0.15, 0.2) is 0 Å². The molecule has 0 aromatic rings. The number of ether oxygens (including phenoxy) is 1.